The monoisotopic (exact) mass is 209 g/mol. The number of nitrogens with two attached hydrogens (primary N) is 1. The van der Waals surface area contributed by atoms with Crippen molar-refractivity contribution in [1.29, 1.82) is 0 Å². The molecule has 0 radical (unpaired) electrons. The summed E-state index contributed by atoms with van der Waals surface area (Å²) >= 11 is 0. The highest BCUT2D eigenvalue weighted by molar-refractivity contribution is 6.15. The SMILES string of the molecule is N[C@@](CO)(C(=O)O)C(=O)c1ccccc1. The molecule has 80 valence electrons. The minimum absolute atomic E-state index is 0.163. The molecule has 5 nitrogen and oxygen atoms in total. The molecule has 0 aliphatic carbocycles. The highest BCUT2D eigenvalue weighted by Crippen LogP contribution is 2.11. The van der Waals surface area contributed by atoms with Crippen LogP contribution in [0, 0.1) is 0 Å². The van der Waals surface area contributed by atoms with Crippen LogP contribution in [0.5, 0.6) is 0 Å². The van der Waals surface area contributed by atoms with E-state index in [-0.39, 0.29) is 5.56 Å². The van der Waals surface area contributed by atoms with Gasteiger partial charge < -0.3 is 15.9 Å². The van der Waals surface area contributed by atoms with Gasteiger partial charge in [-0.3, -0.25) is 4.79 Å². The fourth-order valence-corrected chi connectivity index (χ4v) is 1.08. The maximum absolute atomic E-state index is 11.7. The van der Waals surface area contributed by atoms with Crippen LogP contribution in [0.3, 0.4) is 0 Å². The average Bonchev–Trinajstić information content (AvgIpc) is 2.28. The van der Waals surface area contributed by atoms with Crippen molar-refractivity contribution in [2.24, 2.45) is 5.73 Å². The normalized spacial score (nSPS) is 14.3. The number of carbonyl (C=O) groups is 2. The van der Waals surface area contributed by atoms with Gasteiger partial charge in [-0.05, 0) is 0 Å². The fraction of sp³-hybridized carbons (Fsp3) is 0.200. The molecule has 1 atom stereocenters. The summed E-state index contributed by atoms with van der Waals surface area (Å²) in [6.45, 7) is -0.934. The third-order valence-corrected chi connectivity index (χ3v) is 2.07. The highest BCUT2D eigenvalue weighted by atomic mass is 16.4. The minimum Gasteiger partial charge on any atom is -0.479 e. The third-order valence-electron chi connectivity index (χ3n) is 2.07. The predicted molar refractivity (Wildman–Crippen MR) is 52.4 cm³/mol. The second kappa shape index (κ2) is 4.20. The van der Waals surface area contributed by atoms with Gasteiger partial charge in [-0.25, -0.2) is 4.79 Å². The van der Waals surface area contributed by atoms with E-state index in [0.29, 0.717) is 0 Å². The van der Waals surface area contributed by atoms with Crippen LogP contribution in [-0.4, -0.2) is 34.1 Å². The molecule has 0 aromatic heterocycles. The molecule has 1 rings (SSSR count). The van der Waals surface area contributed by atoms with Gasteiger partial charge in [0.05, 0.1) is 6.61 Å². The van der Waals surface area contributed by atoms with Crippen molar-refractivity contribution in [1.82, 2.24) is 0 Å². The van der Waals surface area contributed by atoms with Crippen LogP contribution in [0.15, 0.2) is 30.3 Å². The van der Waals surface area contributed by atoms with Gasteiger partial charge in [0, 0.05) is 5.56 Å². The molecule has 0 aliphatic rings. The van der Waals surface area contributed by atoms with Gasteiger partial charge in [0.2, 0.25) is 5.54 Å². The fourth-order valence-electron chi connectivity index (χ4n) is 1.08. The van der Waals surface area contributed by atoms with Crippen LogP contribution in [0.4, 0.5) is 0 Å². The van der Waals surface area contributed by atoms with E-state index in [0.717, 1.165) is 0 Å². The molecular weight excluding hydrogens is 198 g/mol. The number of hydrogen-bond donors (Lipinski definition) is 3. The summed E-state index contributed by atoms with van der Waals surface area (Å²) in [4.78, 5) is 22.4. The molecule has 0 unspecified atom stereocenters. The first-order chi connectivity index (χ1) is 7.02. The van der Waals surface area contributed by atoms with Gasteiger partial charge in [-0.2, -0.15) is 0 Å². The van der Waals surface area contributed by atoms with Gasteiger partial charge in [0.25, 0.3) is 0 Å². The lowest BCUT2D eigenvalue weighted by atomic mass is 9.91. The summed E-state index contributed by atoms with van der Waals surface area (Å²) in [5.74, 6) is -2.35. The Bertz CT molecular complexity index is 376. The minimum atomic E-state index is -2.26. The van der Waals surface area contributed by atoms with Crippen molar-refractivity contribution in [2.75, 3.05) is 6.61 Å². The Labute approximate surface area is 86.1 Å². The predicted octanol–water partition coefficient (Wildman–Crippen LogP) is -0.356. The molecule has 0 bridgehead atoms. The molecule has 1 aromatic carbocycles. The Balaban J connectivity index is 3.08. The summed E-state index contributed by atoms with van der Waals surface area (Å²) in [5, 5.41) is 17.6. The van der Waals surface area contributed by atoms with E-state index in [9.17, 15) is 9.59 Å². The lowest BCUT2D eigenvalue weighted by molar-refractivity contribution is -0.142. The van der Waals surface area contributed by atoms with Crippen molar-refractivity contribution >= 4 is 11.8 Å². The Morgan fingerprint density at radius 3 is 2.20 bits per heavy atom. The van der Waals surface area contributed by atoms with Crippen molar-refractivity contribution < 1.29 is 19.8 Å². The zero-order valence-electron chi connectivity index (χ0n) is 7.88. The number of benzene rings is 1. The molecule has 0 spiro atoms. The molecule has 0 saturated heterocycles. The van der Waals surface area contributed by atoms with E-state index >= 15 is 0 Å². The summed E-state index contributed by atoms with van der Waals surface area (Å²) < 4.78 is 0. The molecule has 0 amide bonds. The van der Waals surface area contributed by atoms with Crippen LogP contribution >= 0.6 is 0 Å². The lowest BCUT2D eigenvalue weighted by Crippen LogP contribution is -2.57. The van der Waals surface area contributed by atoms with E-state index < -0.39 is 23.9 Å². The van der Waals surface area contributed by atoms with Crippen LogP contribution < -0.4 is 5.73 Å². The van der Waals surface area contributed by atoms with Crippen molar-refractivity contribution in [3.8, 4) is 0 Å². The number of ketones is 1. The largest absolute Gasteiger partial charge is 0.479 e. The Morgan fingerprint density at radius 1 is 1.27 bits per heavy atom. The second-order valence-corrected chi connectivity index (χ2v) is 3.13. The first-order valence-electron chi connectivity index (χ1n) is 4.25. The number of aliphatic hydroxyl groups is 1. The molecule has 0 heterocycles. The van der Waals surface area contributed by atoms with Gasteiger partial charge in [-0.15, -0.1) is 0 Å². The number of rotatable bonds is 4. The number of carboxylic acid groups (broad SMARTS) is 1. The summed E-state index contributed by atoms with van der Waals surface area (Å²) in [5.41, 5.74) is 3.22. The lowest BCUT2D eigenvalue weighted by Gasteiger charge is -2.20. The summed E-state index contributed by atoms with van der Waals surface area (Å²) in [7, 11) is 0. The van der Waals surface area contributed by atoms with Crippen molar-refractivity contribution in [3.05, 3.63) is 35.9 Å². The number of hydrogen-bond acceptors (Lipinski definition) is 4. The van der Waals surface area contributed by atoms with Gasteiger partial charge in [0.1, 0.15) is 0 Å². The van der Waals surface area contributed by atoms with Crippen LogP contribution in [0.25, 0.3) is 0 Å². The highest BCUT2D eigenvalue weighted by Gasteiger charge is 2.42. The summed E-state index contributed by atoms with van der Waals surface area (Å²) in [6.07, 6.45) is 0. The number of carboxylic acids is 1. The first-order valence-corrected chi connectivity index (χ1v) is 4.25. The zero-order valence-corrected chi connectivity index (χ0v) is 7.88. The zero-order chi connectivity index (χ0) is 11.5. The van der Waals surface area contributed by atoms with Crippen LogP contribution in [0.1, 0.15) is 10.4 Å². The quantitative estimate of drug-likeness (QED) is 0.464. The maximum atomic E-state index is 11.7. The molecule has 15 heavy (non-hydrogen) atoms. The van der Waals surface area contributed by atoms with Crippen LogP contribution in [0.2, 0.25) is 0 Å². The molecule has 5 heteroatoms. The van der Waals surface area contributed by atoms with Gasteiger partial charge in [0.15, 0.2) is 5.78 Å². The summed E-state index contributed by atoms with van der Waals surface area (Å²) in [6, 6.07) is 7.76. The van der Waals surface area contributed by atoms with E-state index in [2.05, 4.69) is 0 Å². The molecule has 0 saturated carbocycles. The maximum Gasteiger partial charge on any atom is 0.334 e. The Hall–Kier alpha value is -1.72. The molecule has 4 N–H and O–H groups in total. The standard InChI is InChI=1S/C10H11NO4/c11-10(6-12,9(14)15)8(13)7-4-2-1-3-5-7/h1-5,12H,6,11H2,(H,14,15)/t10-/m1/s1. The van der Waals surface area contributed by atoms with Crippen LogP contribution in [-0.2, 0) is 4.79 Å². The second-order valence-electron chi connectivity index (χ2n) is 3.13. The van der Waals surface area contributed by atoms with Crippen molar-refractivity contribution in [2.45, 2.75) is 5.54 Å². The number of aliphatic hydroxyl groups excluding tert-OH is 1. The first kappa shape index (κ1) is 11.4. The van der Waals surface area contributed by atoms with Gasteiger partial charge >= 0.3 is 5.97 Å². The van der Waals surface area contributed by atoms with E-state index in [1.807, 2.05) is 0 Å². The number of Topliss-reactive ketones (excluding diaryl/α,β-unsaturated/α-hetero) is 1. The Morgan fingerprint density at radius 2 is 1.80 bits per heavy atom. The molecule has 0 fully saturated rings. The molecular formula is C10H11NO4. The van der Waals surface area contributed by atoms with Gasteiger partial charge in [-0.1, -0.05) is 30.3 Å². The number of carbonyl (C=O) groups excluding carboxylic acids is 1. The van der Waals surface area contributed by atoms with E-state index in [1.54, 1.807) is 18.2 Å². The topological polar surface area (TPSA) is 101 Å². The van der Waals surface area contributed by atoms with Crippen molar-refractivity contribution in [3.63, 3.8) is 0 Å². The third kappa shape index (κ3) is 2.03. The van der Waals surface area contributed by atoms with E-state index in [1.165, 1.54) is 12.1 Å². The van der Waals surface area contributed by atoms with E-state index in [4.69, 9.17) is 15.9 Å². The molecule has 1 aromatic rings. The smallest absolute Gasteiger partial charge is 0.334 e. The number of aliphatic carboxylic acids is 1. The average molecular weight is 209 g/mol. The molecule has 0 aliphatic heterocycles. The Kier molecular flexibility index (Phi) is 3.18.